The first kappa shape index (κ1) is 41.2. The van der Waals surface area contributed by atoms with Crippen LogP contribution in [0.5, 0.6) is 0 Å². The monoisotopic (exact) mass is 538 g/mol. The lowest BCUT2D eigenvalue weighted by Gasteiger charge is -2.25. The molecule has 2 unspecified atom stereocenters. The fraction of sp³-hybridized carbons (Fsp3) is 1.00. The largest absolute Gasteiger partial charge is 0.394 e. The van der Waals surface area contributed by atoms with Crippen LogP contribution < -0.4 is 0 Å². The fourth-order valence-corrected chi connectivity index (χ4v) is 3.90. The number of aliphatic hydroxyl groups excluding tert-OH is 6. The van der Waals surface area contributed by atoms with E-state index in [9.17, 15) is 0 Å². The molecule has 0 aromatic rings. The molecule has 228 valence electrons. The maximum atomic E-state index is 8.17. The first-order valence-electron chi connectivity index (χ1n) is 15.3. The molecule has 0 heterocycles. The van der Waals surface area contributed by atoms with Crippen molar-refractivity contribution in [3.05, 3.63) is 0 Å². The molecule has 37 heavy (non-hydrogen) atoms. The lowest BCUT2D eigenvalue weighted by atomic mass is 10.0. The summed E-state index contributed by atoms with van der Waals surface area (Å²) in [6, 6.07) is 0. The van der Waals surface area contributed by atoms with Crippen LogP contribution in [0.1, 0.15) is 143 Å². The molecular weight excluding hydrogens is 472 g/mol. The number of hydrogen-bond donors (Lipinski definition) is 6. The van der Waals surface area contributed by atoms with Crippen LogP contribution in [-0.2, 0) is 4.74 Å². The molecule has 0 rings (SSSR count). The van der Waals surface area contributed by atoms with Crippen molar-refractivity contribution in [2.24, 2.45) is 0 Å². The van der Waals surface area contributed by atoms with Crippen molar-refractivity contribution < 1.29 is 35.4 Å². The van der Waals surface area contributed by atoms with E-state index in [1.165, 1.54) is 116 Å². The van der Waals surface area contributed by atoms with Gasteiger partial charge in [-0.1, -0.05) is 118 Å². The van der Waals surface area contributed by atoms with Gasteiger partial charge in [-0.15, -0.1) is 0 Å². The summed E-state index contributed by atoms with van der Waals surface area (Å²) in [5.41, 5.74) is 0. The van der Waals surface area contributed by atoms with E-state index < -0.39 is 12.2 Å². The van der Waals surface area contributed by atoms with Crippen molar-refractivity contribution in [3.63, 3.8) is 0 Å². The van der Waals surface area contributed by atoms with E-state index in [0.717, 1.165) is 0 Å². The van der Waals surface area contributed by atoms with Crippen LogP contribution in [0.15, 0.2) is 0 Å². The smallest absolute Gasteiger partial charge is 0.100 e. The van der Waals surface area contributed by atoms with Crippen molar-refractivity contribution in [1.82, 2.24) is 0 Å². The zero-order valence-corrected chi connectivity index (χ0v) is 25.0. The van der Waals surface area contributed by atoms with Crippen LogP contribution in [0, 0.1) is 0 Å². The van der Waals surface area contributed by atoms with Gasteiger partial charge in [0.15, 0.2) is 0 Å². The molecule has 0 aromatic carbocycles. The van der Waals surface area contributed by atoms with Crippen molar-refractivity contribution in [2.75, 3.05) is 26.4 Å². The predicted octanol–water partition coefficient (Wildman–Crippen LogP) is 5.51. The molecular formula is C30H66O7. The Morgan fingerprint density at radius 3 is 0.946 bits per heavy atom. The van der Waals surface area contributed by atoms with Crippen molar-refractivity contribution in [1.29, 1.82) is 0 Å². The topological polar surface area (TPSA) is 131 Å². The second-order valence-corrected chi connectivity index (χ2v) is 10.1. The second-order valence-electron chi connectivity index (χ2n) is 10.1. The molecule has 0 saturated heterocycles. The van der Waals surface area contributed by atoms with Gasteiger partial charge in [-0.25, -0.2) is 0 Å². The third-order valence-electron chi connectivity index (χ3n) is 6.21. The van der Waals surface area contributed by atoms with E-state index in [1.54, 1.807) is 0 Å². The summed E-state index contributed by atoms with van der Waals surface area (Å²) in [5.74, 6) is 0. The average molecular weight is 539 g/mol. The minimum atomic E-state index is -0.954. The number of ether oxygens (including phenoxy) is 1. The zero-order chi connectivity index (χ0) is 28.6. The van der Waals surface area contributed by atoms with Crippen molar-refractivity contribution in [3.8, 4) is 0 Å². The van der Waals surface area contributed by atoms with E-state index >= 15 is 0 Å². The summed E-state index contributed by atoms with van der Waals surface area (Å²) in [7, 11) is 0. The third-order valence-corrected chi connectivity index (χ3v) is 6.21. The Morgan fingerprint density at radius 1 is 0.405 bits per heavy atom. The van der Waals surface area contributed by atoms with Gasteiger partial charge in [0.25, 0.3) is 0 Å². The molecule has 7 heteroatoms. The molecule has 0 radical (unpaired) electrons. The Labute approximate surface area is 229 Å². The Morgan fingerprint density at radius 2 is 0.703 bits per heavy atom. The highest BCUT2D eigenvalue weighted by molar-refractivity contribution is 4.65. The molecule has 0 amide bonds. The fourth-order valence-electron chi connectivity index (χ4n) is 3.90. The minimum absolute atomic E-state index is 0.365. The molecule has 0 fully saturated rings. The molecule has 0 bridgehead atoms. The number of aliphatic hydroxyl groups is 6. The Balaban J connectivity index is -0.000000790. The predicted molar refractivity (Wildman–Crippen MR) is 155 cm³/mol. The number of rotatable bonds is 24. The number of unbranched alkanes of at least 4 members (excludes halogenated alkanes) is 10. The van der Waals surface area contributed by atoms with Gasteiger partial charge >= 0.3 is 0 Å². The molecule has 0 aliphatic carbocycles. The Bertz CT molecular complexity index is 343. The lowest BCUT2D eigenvalue weighted by Crippen LogP contribution is -2.22. The summed E-state index contributed by atoms with van der Waals surface area (Å²) in [4.78, 5) is 0. The molecule has 0 spiro atoms. The van der Waals surface area contributed by atoms with Crippen LogP contribution in [0.2, 0.25) is 0 Å². The van der Waals surface area contributed by atoms with Gasteiger partial charge in [0, 0.05) is 0 Å². The summed E-state index contributed by atoms with van der Waals surface area (Å²) in [6.07, 6.45) is 23.5. The standard InChI is InChI=1S/C24H50O.2C3H8O3/c1-5-9-11-13-15-17-21-23(19-7-3)25-24(20-8-4)22-18-16-14-12-10-6-2;2*4-1-3(6)2-5/h23-24H,5-22H2,1-4H3;2*3-6H,1-2H2. The molecule has 2 atom stereocenters. The highest BCUT2D eigenvalue weighted by atomic mass is 16.5. The first-order chi connectivity index (χ1) is 17.9. The van der Waals surface area contributed by atoms with E-state index in [1.807, 2.05) is 0 Å². The number of hydrogen-bond acceptors (Lipinski definition) is 7. The minimum Gasteiger partial charge on any atom is -0.394 e. The van der Waals surface area contributed by atoms with Crippen molar-refractivity contribution >= 4 is 0 Å². The molecule has 0 saturated carbocycles. The average Bonchev–Trinajstić information content (AvgIpc) is 2.92. The van der Waals surface area contributed by atoms with Gasteiger partial charge in [-0.3, -0.25) is 0 Å². The molecule has 0 aromatic heterocycles. The van der Waals surface area contributed by atoms with Crippen LogP contribution >= 0.6 is 0 Å². The lowest BCUT2D eigenvalue weighted by molar-refractivity contribution is -0.0308. The van der Waals surface area contributed by atoms with Crippen LogP contribution in [-0.4, -0.2) is 81.5 Å². The van der Waals surface area contributed by atoms with Gasteiger partial charge < -0.3 is 35.4 Å². The third kappa shape index (κ3) is 35.7. The SMILES string of the molecule is CCCCCCCCC(CCC)OC(CCC)CCCCCCCC.OCC(O)CO.OCC(O)CO. The Kier molecular flexibility index (Phi) is 39.8. The van der Waals surface area contributed by atoms with E-state index in [4.69, 9.17) is 35.4 Å². The van der Waals surface area contributed by atoms with Crippen LogP contribution in [0.3, 0.4) is 0 Å². The summed E-state index contributed by atoms with van der Waals surface area (Å²) in [5, 5.41) is 48.0. The summed E-state index contributed by atoms with van der Waals surface area (Å²) < 4.78 is 6.59. The van der Waals surface area contributed by atoms with Crippen LogP contribution in [0.4, 0.5) is 0 Å². The molecule has 0 aliphatic rings. The summed E-state index contributed by atoms with van der Waals surface area (Å²) in [6.45, 7) is 7.74. The first-order valence-corrected chi connectivity index (χ1v) is 15.3. The summed E-state index contributed by atoms with van der Waals surface area (Å²) >= 11 is 0. The van der Waals surface area contributed by atoms with Crippen LogP contribution in [0.25, 0.3) is 0 Å². The highest BCUT2D eigenvalue weighted by Crippen LogP contribution is 2.21. The van der Waals surface area contributed by atoms with Gasteiger partial charge in [0.2, 0.25) is 0 Å². The molecule has 6 N–H and O–H groups in total. The van der Waals surface area contributed by atoms with E-state index in [2.05, 4.69) is 27.7 Å². The van der Waals surface area contributed by atoms with Gasteiger partial charge in [0.1, 0.15) is 12.2 Å². The Hall–Kier alpha value is -0.280. The van der Waals surface area contributed by atoms with E-state index in [-0.39, 0.29) is 26.4 Å². The highest BCUT2D eigenvalue weighted by Gasteiger charge is 2.15. The second kappa shape index (κ2) is 35.7. The van der Waals surface area contributed by atoms with Gasteiger partial charge in [-0.05, 0) is 25.7 Å². The zero-order valence-electron chi connectivity index (χ0n) is 25.0. The quantitative estimate of drug-likeness (QED) is 0.0894. The molecule has 0 aliphatic heterocycles. The normalized spacial score (nSPS) is 12.6. The molecule has 7 nitrogen and oxygen atoms in total. The van der Waals surface area contributed by atoms with Gasteiger partial charge in [0.05, 0.1) is 38.6 Å². The van der Waals surface area contributed by atoms with E-state index in [0.29, 0.717) is 12.2 Å². The maximum absolute atomic E-state index is 8.17. The van der Waals surface area contributed by atoms with Crippen molar-refractivity contribution in [2.45, 2.75) is 168 Å². The maximum Gasteiger partial charge on any atom is 0.100 e. The van der Waals surface area contributed by atoms with Gasteiger partial charge in [-0.2, -0.15) is 0 Å².